The molecule has 2 aromatic heterocycles. The number of aryl methyl sites for hydroxylation is 1. The summed E-state index contributed by atoms with van der Waals surface area (Å²) >= 11 is 11.4. The van der Waals surface area contributed by atoms with Crippen molar-refractivity contribution in [3.8, 4) is 11.4 Å². The molecular formula is C9H6Cl2N2O3. The second kappa shape index (κ2) is 3.84. The Morgan fingerprint density at radius 3 is 2.75 bits per heavy atom. The highest BCUT2D eigenvalue weighted by Gasteiger charge is 2.22. The van der Waals surface area contributed by atoms with Crippen LogP contribution in [0, 0.1) is 6.92 Å². The number of rotatable bonds is 2. The first-order chi connectivity index (χ1) is 7.50. The van der Waals surface area contributed by atoms with E-state index in [-0.39, 0.29) is 21.9 Å². The average Bonchev–Trinajstić information content (AvgIpc) is 2.71. The van der Waals surface area contributed by atoms with Crippen LogP contribution in [0.25, 0.3) is 11.4 Å². The molecule has 0 radical (unpaired) electrons. The highest BCUT2D eigenvalue weighted by molar-refractivity contribution is 6.40. The van der Waals surface area contributed by atoms with E-state index in [1.54, 1.807) is 6.92 Å². The Kier molecular flexibility index (Phi) is 2.65. The first kappa shape index (κ1) is 11.0. The summed E-state index contributed by atoms with van der Waals surface area (Å²) in [6.07, 6.45) is 1.34. The molecule has 5 nitrogen and oxygen atoms in total. The van der Waals surface area contributed by atoms with Gasteiger partial charge in [0.15, 0.2) is 5.15 Å². The highest BCUT2D eigenvalue weighted by atomic mass is 35.5. The molecule has 0 aliphatic carbocycles. The third-order valence-electron chi connectivity index (χ3n) is 2.03. The van der Waals surface area contributed by atoms with Gasteiger partial charge in [-0.1, -0.05) is 23.2 Å². The van der Waals surface area contributed by atoms with Gasteiger partial charge in [0.05, 0.1) is 11.8 Å². The van der Waals surface area contributed by atoms with Crippen molar-refractivity contribution in [3.05, 3.63) is 27.9 Å². The number of carboxylic acid groups (broad SMARTS) is 1. The summed E-state index contributed by atoms with van der Waals surface area (Å²) < 4.78 is 4.91. The molecule has 7 heteroatoms. The fraction of sp³-hybridized carbons (Fsp3) is 0.111. The maximum absolute atomic E-state index is 10.9. The first-order valence-corrected chi connectivity index (χ1v) is 4.99. The zero-order chi connectivity index (χ0) is 11.9. The van der Waals surface area contributed by atoms with Crippen molar-refractivity contribution in [2.45, 2.75) is 6.92 Å². The molecule has 0 saturated carbocycles. The fourth-order valence-corrected chi connectivity index (χ4v) is 1.61. The van der Waals surface area contributed by atoms with Crippen molar-refractivity contribution in [2.24, 2.45) is 0 Å². The average molecular weight is 261 g/mol. The van der Waals surface area contributed by atoms with Gasteiger partial charge in [0, 0.05) is 0 Å². The van der Waals surface area contributed by atoms with E-state index in [2.05, 4.69) is 9.97 Å². The molecule has 2 heterocycles. The number of aromatic amines is 1. The summed E-state index contributed by atoms with van der Waals surface area (Å²) in [5.74, 6) is -1.09. The van der Waals surface area contributed by atoms with Crippen LogP contribution in [-0.2, 0) is 0 Å². The minimum Gasteiger partial charge on any atom is -0.475 e. The Labute approximate surface area is 100 Å². The first-order valence-electron chi connectivity index (χ1n) is 4.23. The zero-order valence-electron chi connectivity index (χ0n) is 8.04. The Morgan fingerprint density at radius 1 is 1.56 bits per heavy atom. The molecule has 0 unspecified atom stereocenters. The normalized spacial score (nSPS) is 10.7. The van der Waals surface area contributed by atoms with Gasteiger partial charge in [-0.15, -0.1) is 0 Å². The Balaban J connectivity index is 2.63. The van der Waals surface area contributed by atoms with E-state index in [9.17, 15) is 4.79 Å². The molecule has 0 aromatic carbocycles. The summed E-state index contributed by atoms with van der Waals surface area (Å²) in [5, 5.41) is 9.17. The standard InChI is InChI=1S/C9H6Cl2N2O3/c1-3-2-16-5(9(14)15)4(3)8-12-6(10)7(11)13-8/h2H,1H3,(H,12,13)(H,14,15). The minimum absolute atomic E-state index is 0.0913. The summed E-state index contributed by atoms with van der Waals surface area (Å²) in [6.45, 7) is 1.70. The van der Waals surface area contributed by atoms with Crippen LogP contribution in [0.4, 0.5) is 0 Å². The quantitative estimate of drug-likeness (QED) is 0.870. The molecule has 0 fully saturated rings. The maximum atomic E-state index is 10.9. The maximum Gasteiger partial charge on any atom is 0.372 e. The van der Waals surface area contributed by atoms with Crippen molar-refractivity contribution in [2.75, 3.05) is 0 Å². The number of aromatic carboxylic acids is 1. The van der Waals surface area contributed by atoms with Crippen LogP contribution in [0.2, 0.25) is 10.3 Å². The summed E-state index contributed by atoms with van der Waals surface area (Å²) in [6, 6.07) is 0. The fourth-order valence-electron chi connectivity index (χ4n) is 1.35. The lowest BCUT2D eigenvalue weighted by atomic mass is 10.1. The second-order valence-electron chi connectivity index (χ2n) is 3.12. The largest absolute Gasteiger partial charge is 0.475 e. The lowest BCUT2D eigenvalue weighted by Gasteiger charge is -1.95. The van der Waals surface area contributed by atoms with Crippen molar-refractivity contribution < 1.29 is 14.3 Å². The molecule has 0 aliphatic rings. The van der Waals surface area contributed by atoms with Crippen LogP contribution in [0.1, 0.15) is 16.1 Å². The molecule has 0 saturated heterocycles. The number of nitrogens with zero attached hydrogens (tertiary/aromatic N) is 1. The molecule has 0 bridgehead atoms. The van der Waals surface area contributed by atoms with Gasteiger partial charge in [-0.2, -0.15) is 0 Å². The van der Waals surface area contributed by atoms with Crippen LogP contribution in [0.15, 0.2) is 10.7 Å². The van der Waals surface area contributed by atoms with E-state index in [1.165, 1.54) is 6.26 Å². The van der Waals surface area contributed by atoms with Crippen LogP contribution >= 0.6 is 23.2 Å². The SMILES string of the molecule is Cc1coc(C(=O)O)c1-c1nc(Cl)c(Cl)[nH]1. The van der Waals surface area contributed by atoms with Crippen LogP contribution in [0.5, 0.6) is 0 Å². The molecule has 0 amide bonds. The van der Waals surface area contributed by atoms with Gasteiger partial charge in [-0.05, 0) is 12.5 Å². The van der Waals surface area contributed by atoms with Crippen molar-refractivity contribution in [1.82, 2.24) is 9.97 Å². The van der Waals surface area contributed by atoms with Crippen molar-refractivity contribution in [3.63, 3.8) is 0 Å². The number of furan rings is 1. The number of nitrogens with one attached hydrogen (secondary N) is 1. The van der Waals surface area contributed by atoms with Crippen LogP contribution < -0.4 is 0 Å². The van der Waals surface area contributed by atoms with E-state index in [4.69, 9.17) is 32.7 Å². The van der Waals surface area contributed by atoms with E-state index in [1.807, 2.05) is 0 Å². The second-order valence-corrected chi connectivity index (χ2v) is 3.85. The zero-order valence-corrected chi connectivity index (χ0v) is 9.56. The Bertz CT molecular complexity index is 540. The van der Waals surface area contributed by atoms with Crippen molar-refractivity contribution in [1.29, 1.82) is 0 Å². The lowest BCUT2D eigenvalue weighted by Crippen LogP contribution is -1.97. The molecule has 2 aromatic rings. The van der Waals surface area contributed by atoms with E-state index < -0.39 is 5.97 Å². The highest BCUT2D eigenvalue weighted by Crippen LogP contribution is 2.30. The Morgan fingerprint density at radius 2 is 2.25 bits per heavy atom. The van der Waals surface area contributed by atoms with Crippen molar-refractivity contribution >= 4 is 29.2 Å². The number of imidazole rings is 1. The predicted molar refractivity (Wildman–Crippen MR) is 58.0 cm³/mol. The Hall–Kier alpha value is -1.46. The van der Waals surface area contributed by atoms with Gasteiger partial charge in [-0.25, -0.2) is 9.78 Å². The van der Waals surface area contributed by atoms with Gasteiger partial charge in [0.1, 0.15) is 11.0 Å². The molecule has 16 heavy (non-hydrogen) atoms. The number of H-pyrrole nitrogens is 1. The monoisotopic (exact) mass is 260 g/mol. The summed E-state index contributed by atoms with van der Waals surface area (Å²) in [4.78, 5) is 17.5. The van der Waals surface area contributed by atoms with Crippen LogP contribution in [-0.4, -0.2) is 21.0 Å². The van der Waals surface area contributed by atoms with E-state index in [0.717, 1.165) is 0 Å². The molecule has 0 aliphatic heterocycles. The molecule has 84 valence electrons. The number of halogens is 2. The van der Waals surface area contributed by atoms with E-state index >= 15 is 0 Å². The van der Waals surface area contributed by atoms with E-state index in [0.29, 0.717) is 11.1 Å². The molecule has 2 N–H and O–H groups in total. The van der Waals surface area contributed by atoms with Crippen LogP contribution in [0.3, 0.4) is 0 Å². The van der Waals surface area contributed by atoms with Gasteiger partial charge in [-0.3, -0.25) is 0 Å². The molecule has 0 spiro atoms. The molecule has 0 atom stereocenters. The third-order valence-corrected chi connectivity index (χ3v) is 2.67. The van der Waals surface area contributed by atoms with Gasteiger partial charge in [0.25, 0.3) is 0 Å². The number of hydrogen-bond acceptors (Lipinski definition) is 3. The number of hydrogen-bond donors (Lipinski definition) is 2. The summed E-state index contributed by atoms with van der Waals surface area (Å²) in [7, 11) is 0. The van der Waals surface area contributed by atoms with Gasteiger partial charge >= 0.3 is 5.97 Å². The minimum atomic E-state index is -1.17. The van der Waals surface area contributed by atoms with Gasteiger partial charge in [0.2, 0.25) is 5.76 Å². The lowest BCUT2D eigenvalue weighted by molar-refractivity contribution is 0.0663. The smallest absolute Gasteiger partial charge is 0.372 e. The molecule has 2 rings (SSSR count). The summed E-state index contributed by atoms with van der Waals surface area (Å²) in [5.41, 5.74) is 0.987. The topological polar surface area (TPSA) is 79.1 Å². The number of aromatic nitrogens is 2. The number of carboxylic acids is 1. The van der Waals surface area contributed by atoms with Gasteiger partial charge < -0.3 is 14.5 Å². The third kappa shape index (κ3) is 1.68. The predicted octanol–water partition coefficient (Wildman–Crippen LogP) is 2.98. The number of carbonyl (C=O) groups is 1. The molecular weight excluding hydrogens is 255 g/mol.